The Morgan fingerprint density at radius 2 is 2.04 bits per heavy atom. The van der Waals surface area contributed by atoms with E-state index in [1.54, 1.807) is 55.7 Å². The third-order valence-corrected chi connectivity index (χ3v) is 4.51. The molecule has 0 aliphatic heterocycles. The lowest BCUT2D eigenvalue weighted by Crippen LogP contribution is -2.28. The van der Waals surface area contributed by atoms with E-state index in [2.05, 4.69) is 20.3 Å². The van der Waals surface area contributed by atoms with Crippen molar-refractivity contribution in [1.29, 1.82) is 0 Å². The van der Waals surface area contributed by atoms with Crippen LogP contribution in [0.4, 0.5) is 8.78 Å². The van der Waals surface area contributed by atoms with Gasteiger partial charge in [-0.3, -0.25) is 9.36 Å². The molecular weight excluding hydrogens is 352 g/mol. The molecule has 4 rings (SSSR count). The number of aromatic nitrogens is 4. The number of benzene rings is 2. The Kier molecular flexibility index (Phi) is 4.31. The van der Waals surface area contributed by atoms with E-state index in [0.717, 1.165) is 15.6 Å². The van der Waals surface area contributed by atoms with Crippen LogP contribution in [0.15, 0.2) is 48.8 Å². The van der Waals surface area contributed by atoms with Crippen molar-refractivity contribution in [1.82, 2.24) is 24.8 Å². The molecule has 8 heteroatoms. The summed E-state index contributed by atoms with van der Waals surface area (Å²) in [5.41, 5.74) is 2.89. The largest absolute Gasteiger partial charge is 0.351 e. The molecule has 0 aliphatic rings. The van der Waals surface area contributed by atoms with Gasteiger partial charge in [0.2, 0.25) is 0 Å². The average Bonchev–Trinajstić information content (AvgIpc) is 3.29. The Balaban J connectivity index is 1.53. The van der Waals surface area contributed by atoms with E-state index in [1.807, 2.05) is 0 Å². The number of aromatic amines is 1. The average molecular weight is 369 g/mol. The van der Waals surface area contributed by atoms with Crippen molar-refractivity contribution >= 4 is 28.0 Å². The number of carbonyl (C=O) groups excluding carboxylic acids is 1. The topological polar surface area (TPSA) is 75.6 Å². The minimum absolute atomic E-state index is 0.190. The highest BCUT2D eigenvalue weighted by atomic mass is 19.3. The molecule has 2 N–H and O–H groups in total. The molecule has 1 atom stereocenters. The third kappa shape index (κ3) is 3.14. The molecule has 1 amide bonds. The van der Waals surface area contributed by atoms with Crippen LogP contribution in [0.5, 0.6) is 0 Å². The summed E-state index contributed by atoms with van der Waals surface area (Å²) in [5, 5.41) is 2.79. The number of carbonyl (C=O) groups is 1. The first-order valence-corrected chi connectivity index (χ1v) is 8.51. The number of alkyl halides is 2. The Morgan fingerprint density at radius 1 is 1.22 bits per heavy atom. The normalized spacial score (nSPS) is 12.7. The van der Waals surface area contributed by atoms with Gasteiger partial charge in [-0.2, -0.15) is 8.78 Å². The van der Waals surface area contributed by atoms with Crippen LogP contribution in [-0.2, 0) is 0 Å². The SMILES string of the molecule is C[C@H](CNC(=O)c1ccc2nc[nH]c2c1)c1nc2ccccc2n1C(F)F. The second-order valence-corrected chi connectivity index (χ2v) is 6.35. The van der Waals surface area contributed by atoms with Gasteiger partial charge in [-0.25, -0.2) is 9.97 Å². The van der Waals surface area contributed by atoms with Gasteiger partial charge in [0.25, 0.3) is 5.91 Å². The maximum Gasteiger partial charge on any atom is 0.320 e. The highest BCUT2D eigenvalue weighted by Gasteiger charge is 2.22. The Labute approximate surface area is 153 Å². The van der Waals surface area contributed by atoms with Crippen molar-refractivity contribution in [2.24, 2.45) is 0 Å². The smallest absolute Gasteiger partial charge is 0.320 e. The highest BCUT2D eigenvalue weighted by molar-refractivity contribution is 5.97. The van der Waals surface area contributed by atoms with Crippen molar-refractivity contribution < 1.29 is 13.6 Å². The van der Waals surface area contributed by atoms with Gasteiger partial charge in [0, 0.05) is 18.0 Å². The molecule has 2 aromatic heterocycles. The monoisotopic (exact) mass is 369 g/mol. The quantitative estimate of drug-likeness (QED) is 0.561. The standard InChI is InChI=1S/C19H17F2N5O/c1-11(17-25-14-4-2-3-5-16(14)26(17)19(20)21)9-22-18(27)12-6-7-13-15(8-12)24-10-23-13/h2-8,10-11,19H,9H2,1H3,(H,22,27)(H,23,24)/t11-/m1/s1. The predicted molar refractivity (Wildman–Crippen MR) is 97.8 cm³/mol. The molecule has 0 spiro atoms. The van der Waals surface area contributed by atoms with Gasteiger partial charge in [-0.15, -0.1) is 0 Å². The van der Waals surface area contributed by atoms with E-state index in [4.69, 9.17) is 0 Å². The summed E-state index contributed by atoms with van der Waals surface area (Å²) in [6, 6.07) is 11.9. The maximum absolute atomic E-state index is 13.6. The van der Waals surface area contributed by atoms with E-state index in [1.165, 1.54) is 0 Å². The lowest BCUT2D eigenvalue weighted by Gasteiger charge is -2.15. The van der Waals surface area contributed by atoms with Crippen molar-refractivity contribution in [3.8, 4) is 0 Å². The number of H-pyrrole nitrogens is 1. The number of imidazole rings is 2. The van der Waals surface area contributed by atoms with Gasteiger partial charge in [0.1, 0.15) is 5.82 Å². The van der Waals surface area contributed by atoms with Crippen LogP contribution < -0.4 is 5.32 Å². The second-order valence-electron chi connectivity index (χ2n) is 6.35. The molecule has 2 heterocycles. The molecule has 2 aromatic carbocycles. The molecule has 0 saturated heterocycles. The zero-order valence-corrected chi connectivity index (χ0v) is 14.5. The Bertz CT molecular complexity index is 1120. The molecule has 6 nitrogen and oxygen atoms in total. The van der Waals surface area contributed by atoms with Gasteiger partial charge >= 0.3 is 6.55 Å². The molecule has 0 fully saturated rings. The van der Waals surface area contributed by atoms with Gasteiger partial charge in [0.05, 0.1) is 28.4 Å². The van der Waals surface area contributed by atoms with Crippen LogP contribution >= 0.6 is 0 Å². The first-order chi connectivity index (χ1) is 13.0. The van der Waals surface area contributed by atoms with Crippen LogP contribution in [0.2, 0.25) is 0 Å². The van der Waals surface area contributed by atoms with Crippen molar-refractivity contribution in [3.63, 3.8) is 0 Å². The second kappa shape index (κ2) is 6.79. The predicted octanol–water partition coefficient (Wildman–Crippen LogP) is 3.84. The number of nitrogens with one attached hydrogen (secondary N) is 2. The van der Waals surface area contributed by atoms with Crippen LogP contribution in [-0.4, -0.2) is 32.0 Å². The summed E-state index contributed by atoms with van der Waals surface area (Å²) < 4.78 is 28.0. The highest BCUT2D eigenvalue weighted by Crippen LogP contribution is 2.27. The van der Waals surface area contributed by atoms with Crippen molar-refractivity contribution in [3.05, 3.63) is 60.2 Å². The first-order valence-electron chi connectivity index (χ1n) is 8.51. The maximum atomic E-state index is 13.6. The van der Waals surface area contributed by atoms with Gasteiger partial charge in [0.15, 0.2) is 0 Å². The number of nitrogens with zero attached hydrogens (tertiary/aromatic N) is 3. The fourth-order valence-corrected chi connectivity index (χ4v) is 3.13. The Morgan fingerprint density at radius 3 is 2.85 bits per heavy atom. The number of hydrogen-bond donors (Lipinski definition) is 2. The van der Waals surface area contributed by atoms with E-state index >= 15 is 0 Å². The number of para-hydroxylation sites is 2. The fourth-order valence-electron chi connectivity index (χ4n) is 3.13. The molecule has 0 radical (unpaired) electrons. The molecule has 0 saturated carbocycles. The summed E-state index contributed by atoms with van der Waals surface area (Å²) in [4.78, 5) is 23.8. The minimum Gasteiger partial charge on any atom is -0.351 e. The summed E-state index contributed by atoms with van der Waals surface area (Å²) in [5.74, 6) is -0.417. The number of fused-ring (bicyclic) bond motifs is 2. The van der Waals surface area contributed by atoms with Crippen molar-refractivity contribution in [2.45, 2.75) is 19.4 Å². The van der Waals surface area contributed by atoms with Crippen LogP contribution in [0.25, 0.3) is 22.1 Å². The van der Waals surface area contributed by atoms with Gasteiger partial charge in [-0.05, 0) is 30.3 Å². The summed E-state index contributed by atoms with van der Waals surface area (Å²) >= 11 is 0. The lowest BCUT2D eigenvalue weighted by molar-refractivity contribution is 0.0704. The van der Waals surface area contributed by atoms with Gasteiger partial charge in [-0.1, -0.05) is 19.1 Å². The summed E-state index contributed by atoms with van der Waals surface area (Å²) in [6.45, 7) is -0.748. The molecule has 27 heavy (non-hydrogen) atoms. The molecule has 138 valence electrons. The van der Waals surface area contributed by atoms with Gasteiger partial charge < -0.3 is 10.3 Å². The lowest BCUT2D eigenvalue weighted by atomic mass is 10.1. The van der Waals surface area contributed by atoms with E-state index in [0.29, 0.717) is 16.6 Å². The third-order valence-electron chi connectivity index (χ3n) is 4.51. The summed E-state index contributed by atoms with van der Waals surface area (Å²) in [7, 11) is 0. The molecule has 0 aliphatic carbocycles. The Hall–Kier alpha value is -3.29. The molecule has 0 unspecified atom stereocenters. The molecule has 4 aromatic rings. The van der Waals surface area contributed by atoms with Crippen LogP contribution in [0.3, 0.4) is 0 Å². The number of halogens is 2. The van der Waals surface area contributed by atoms with E-state index in [9.17, 15) is 13.6 Å². The fraction of sp³-hybridized carbons (Fsp3) is 0.211. The zero-order chi connectivity index (χ0) is 19.0. The molecular formula is C19H17F2N5O. The minimum atomic E-state index is -2.70. The van der Waals surface area contributed by atoms with Crippen molar-refractivity contribution in [2.75, 3.05) is 6.54 Å². The van der Waals surface area contributed by atoms with Crippen LogP contribution in [0, 0.1) is 0 Å². The van der Waals surface area contributed by atoms with E-state index < -0.39 is 6.55 Å². The number of rotatable bonds is 5. The zero-order valence-electron chi connectivity index (χ0n) is 14.5. The van der Waals surface area contributed by atoms with Crippen LogP contribution in [0.1, 0.15) is 35.6 Å². The first kappa shape index (κ1) is 17.1. The summed E-state index contributed by atoms with van der Waals surface area (Å²) in [6.07, 6.45) is 1.56. The van der Waals surface area contributed by atoms with E-state index in [-0.39, 0.29) is 24.2 Å². The molecule has 0 bridgehead atoms. The number of hydrogen-bond acceptors (Lipinski definition) is 3. The number of amides is 1.